The summed E-state index contributed by atoms with van der Waals surface area (Å²) < 4.78 is 31.8. The summed E-state index contributed by atoms with van der Waals surface area (Å²) in [5.74, 6) is 0. The van der Waals surface area contributed by atoms with Crippen molar-refractivity contribution < 1.29 is 13.2 Å². The van der Waals surface area contributed by atoms with Crippen LogP contribution in [0.5, 0.6) is 0 Å². The van der Waals surface area contributed by atoms with Gasteiger partial charge in [-0.2, -0.15) is 4.31 Å². The lowest BCUT2D eigenvalue weighted by Gasteiger charge is -2.26. The third-order valence-corrected chi connectivity index (χ3v) is 6.11. The quantitative estimate of drug-likeness (QED) is 0.772. The Morgan fingerprint density at radius 2 is 1.68 bits per heavy atom. The van der Waals surface area contributed by atoms with E-state index < -0.39 is 10.0 Å². The second-order valence-electron chi connectivity index (χ2n) is 5.86. The highest BCUT2D eigenvalue weighted by molar-refractivity contribution is 7.89. The number of benzene rings is 2. The number of aryl methyl sites for hydroxylation is 1. The van der Waals surface area contributed by atoms with Crippen LogP contribution in [0.25, 0.3) is 0 Å². The smallest absolute Gasteiger partial charge is 0.243 e. The Morgan fingerprint density at radius 3 is 2.28 bits per heavy atom. The lowest BCUT2D eigenvalue weighted by Crippen LogP contribution is -2.40. The SMILES string of the molecule is CCc1ccc(C=Nc2ccc(S(=O)(=O)N3CCOCC3)cc2)cc1. The van der Waals surface area contributed by atoms with E-state index in [0.717, 1.165) is 17.7 Å². The molecular formula is C19H22N2O3S. The van der Waals surface area contributed by atoms with E-state index in [4.69, 9.17) is 4.74 Å². The standard InChI is InChI=1S/C19H22N2O3S/c1-2-16-3-5-17(6-4-16)15-20-18-7-9-19(10-8-18)25(22,23)21-11-13-24-14-12-21/h3-10,15H,2,11-14H2,1H3. The minimum Gasteiger partial charge on any atom is -0.379 e. The molecule has 0 saturated carbocycles. The molecule has 5 nitrogen and oxygen atoms in total. The molecule has 0 aliphatic carbocycles. The molecule has 6 heteroatoms. The number of morpholine rings is 1. The first-order chi connectivity index (χ1) is 12.1. The zero-order chi connectivity index (χ0) is 17.7. The van der Waals surface area contributed by atoms with E-state index in [9.17, 15) is 8.42 Å². The first-order valence-electron chi connectivity index (χ1n) is 8.40. The Morgan fingerprint density at radius 1 is 1.04 bits per heavy atom. The van der Waals surface area contributed by atoms with Crippen molar-refractivity contribution in [2.24, 2.45) is 4.99 Å². The van der Waals surface area contributed by atoms with Crippen molar-refractivity contribution in [3.05, 3.63) is 59.7 Å². The summed E-state index contributed by atoms with van der Waals surface area (Å²) in [5.41, 5.74) is 3.03. The topological polar surface area (TPSA) is 59.0 Å². The summed E-state index contributed by atoms with van der Waals surface area (Å²) in [4.78, 5) is 4.71. The number of sulfonamides is 1. The van der Waals surface area contributed by atoms with Crippen LogP contribution in [-0.4, -0.2) is 45.2 Å². The normalized spacial score (nSPS) is 16.4. The van der Waals surface area contributed by atoms with Crippen molar-refractivity contribution in [1.29, 1.82) is 0 Å². The summed E-state index contributed by atoms with van der Waals surface area (Å²) in [7, 11) is -3.45. The van der Waals surface area contributed by atoms with Crippen LogP contribution >= 0.6 is 0 Å². The Kier molecular flexibility index (Phi) is 5.63. The largest absolute Gasteiger partial charge is 0.379 e. The Labute approximate surface area is 149 Å². The lowest BCUT2D eigenvalue weighted by molar-refractivity contribution is 0.0730. The van der Waals surface area contributed by atoms with Crippen molar-refractivity contribution in [2.75, 3.05) is 26.3 Å². The molecule has 0 aromatic heterocycles. The van der Waals surface area contributed by atoms with Crippen LogP contribution in [0.2, 0.25) is 0 Å². The van der Waals surface area contributed by atoms with E-state index in [1.807, 2.05) is 12.1 Å². The highest BCUT2D eigenvalue weighted by Crippen LogP contribution is 2.20. The number of rotatable bonds is 5. The highest BCUT2D eigenvalue weighted by Gasteiger charge is 2.25. The van der Waals surface area contributed by atoms with E-state index in [2.05, 4.69) is 24.0 Å². The minimum atomic E-state index is -3.45. The van der Waals surface area contributed by atoms with E-state index in [1.54, 1.807) is 30.5 Å². The van der Waals surface area contributed by atoms with Crippen LogP contribution in [-0.2, 0) is 21.2 Å². The molecule has 1 heterocycles. The summed E-state index contributed by atoms with van der Waals surface area (Å²) >= 11 is 0. The van der Waals surface area contributed by atoms with Gasteiger partial charge in [-0.1, -0.05) is 31.2 Å². The maximum absolute atomic E-state index is 12.6. The van der Waals surface area contributed by atoms with Crippen LogP contribution in [0.15, 0.2) is 58.4 Å². The molecule has 2 aromatic carbocycles. The first-order valence-corrected chi connectivity index (χ1v) is 9.84. The fourth-order valence-corrected chi connectivity index (χ4v) is 4.04. The van der Waals surface area contributed by atoms with Crippen molar-refractivity contribution in [1.82, 2.24) is 4.31 Å². The fraction of sp³-hybridized carbons (Fsp3) is 0.316. The predicted molar refractivity (Wildman–Crippen MR) is 99.1 cm³/mol. The van der Waals surface area contributed by atoms with Gasteiger partial charge in [-0.15, -0.1) is 0 Å². The van der Waals surface area contributed by atoms with Gasteiger partial charge in [0.1, 0.15) is 0 Å². The number of hydrogen-bond acceptors (Lipinski definition) is 4. The van der Waals surface area contributed by atoms with Crippen LogP contribution in [0, 0.1) is 0 Å². The van der Waals surface area contributed by atoms with Crippen molar-refractivity contribution >= 4 is 21.9 Å². The fourth-order valence-electron chi connectivity index (χ4n) is 2.63. The summed E-state index contributed by atoms with van der Waals surface area (Å²) in [5, 5.41) is 0. The van der Waals surface area contributed by atoms with Crippen molar-refractivity contribution in [3.63, 3.8) is 0 Å². The third kappa shape index (κ3) is 4.34. The highest BCUT2D eigenvalue weighted by atomic mass is 32.2. The lowest BCUT2D eigenvalue weighted by atomic mass is 10.1. The van der Waals surface area contributed by atoms with Gasteiger partial charge >= 0.3 is 0 Å². The molecule has 0 amide bonds. The molecule has 1 aliphatic heterocycles. The number of ether oxygens (including phenoxy) is 1. The second-order valence-corrected chi connectivity index (χ2v) is 7.80. The maximum Gasteiger partial charge on any atom is 0.243 e. The molecule has 0 bridgehead atoms. The average Bonchev–Trinajstić information content (AvgIpc) is 2.68. The van der Waals surface area contributed by atoms with E-state index in [-0.39, 0.29) is 0 Å². The Hall–Kier alpha value is -2.02. The van der Waals surface area contributed by atoms with Gasteiger partial charge in [0.05, 0.1) is 23.8 Å². The number of hydrogen-bond donors (Lipinski definition) is 0. The number of nitrogens with zero attached hydrogens (tertiary/aromatic N) is 2. The molecule has 132 valence electrons. The second kappa shape index (κ2) is 7.91. The van der Waals surface area contributed by atoms with Gasteiger partial charge in [-0.25, -0.2) is 8.42 Å². The summed E-state index contributed by atoms with van der Waals surface area (Å²) in [6, 6.07) is 14.9. The average molecular weight is 358 g/mol. The van der Waals surface area contributed by atoms with Crippen LogP contribution in [0.1, 0.15) is 18.1 Å². The molecule has 0 spiro atoms. The molecule has 0 N–H and O–H groups in total. The molecule has 1 saturated heterocycles. The van der Waals surface area contributed by atoms with Gasteiger partial charge in [-0.05, 0) is 41.8 Å². The third-order valence-electron chi connectivity index (χ3n) is 4.20. The zero-order valence-corrected chi connectivity index (χ0v) is 15.1. The molecule has 3 rings (SSSR count). The molecule has 0 atom stereocenters. The predicted octanol–water partition coefficient (Wildman–Crippen LogP) is 3.02. The van der Waals surface area contributed by atoms with E-state index in [0.29, 0.717) is 31.2 Å². The van der Waals surface area contributed by atoms with Crippen LogP contribution in [0.4, 0.5) is 5.69 Å². The molecular weight excluding hydrogens is 336 g/mol. The number of aliphatic imine (C=N–C) groups is 1. The van der Waals surface area contributed by atoms with Gasteiger partial charge in [0.2, 0.25) is 10.0 Å². The Bertz CT molecular complexity index is 822. The van der Waals surface area contributed by atoms with Gasteiger partial charge in [0.15, 0.2) is 0 Å². The van der Waals surface area contributed by atoms with E-state index >= 15 is 0 Å². The molecule has 0 radical (unpaired) electrons. The molecule has 2 aromatic rings. The van der Waals surface area contributed by atoms with Crippen molar-refractivity contribution in [2.45, 2.75) is 18.2 Å². The molecule has 1 fully saturated rings. The van der Waals surface area contributed by atoms with Crippen molar-refractivity contribution in [3.8, 4) is 0 Å². The minimum absolute atomic E-state index is 0.292. The van der Waals surface area contributed by atoms with Gasteiger partial charge in [0.25, 0.3) is 0 Å². The Balaban J connectivity index is 1.72. The zero-order valence-electron chi connectivity index (χ0n) is 14.3. The van der Waals surface area contributed by atoms with Gasteiger partial charge in [0, 0.05) is 19.3 Å². The monoisotopic (exact) mass is 358 g/mol. The van der Waals surface area contributed by atoms with Gasteiger partial charge in [-0.3, -0.25) is 4.99 Å². The van der Waals surface area contributed by atoms with E-state index in [1.165, 1.54) is 9.87 Å². The van der Waals surface area contributed by atoms with Gasteiger partial charge < -0.3 is 4.74 Å². The van der Waals surface area contributed by atoms with Crippen LogP contribution < -0.4 is 0 Å². The first kappa shape index (κ1) is 17.8. The molecule has 0 unspecified atom stereocenters. The maximum atomic E-state index is 12.6. The molecule has 1 aliphatic rings. The summed E-state index contributed by atoms with van der Waals surface area (Å²) in [6.45, 7) is 3.80. The van der Waals surface area contributed by atoms with Crippen LogP contribution in [0.3, 0.4) is 0 Å². The summed E-state index contributed by atoms with van der Waals surface area (Å²) in [6.07, 6.45) is 2.79. The molecule has 25 heavy (non-hydrogen) atoms.